The first-order chi connectivity index (χ1) is 8.08. The Morgan fingerprint density at radius 2 is 2.12 bits per heavy atom. The number of nitrogens with zero attached hydrogens (tertiary/aromatic N) is 1. The Labute approximate surface area is 101 Å². The molecule has 0 atom stereocenters. The minimum Gasteiger partial charge on any atom is -0.315 e. The number of fused-ring (bicyclic) bond motifs is 1. The van der Waals surface area contributed by atoms with E-state index in [0.29, 0.717) is 12.8 Å². The number of carbonyl (C=O) groups is 2. The number of amides is 1. The van der Waals surface area contributed by atoms with Gasteiger partial charge in [-0.2, -0.15) is 0 Å². The predicted molar refractivity (Wildman–Crippen MR) is 67.2 cm³/mol. The number of anilines is 1. The molecule has 0 spiro atoms. The van der Waals surface area contributed by atoms with Crippen LogP contribution in [0.2, 0.25) is 0 Å². The van der Waals surface area contributed by atoms with E-state index >= 15 is 0 Å². The molecule has 0 fully saturated rings. The van der Waals surface area contributed by atoms with Crippen molar-refractivity contribution in [3.8, 4) is 0 Å². The molecule has 0 aliphatic carbocycles. The molecule has 1 aromatic carbocycles. The quantitative estimate of drug-likeness (QED) is 0.799. The lowest BCUT2D eigenvalue weighted by Crippen LogP contribution is -2.31. The second kappa shape index (κ2) is 4.70. The van der Waals surface area contributed by atoms with Crippen LogP contribution in [0.25, 0.3) is 0 Å². The maximum Gasteiger partial charge on any atom is 0.227 e. The van der Waals surface area contributed by atoms with Gasteiger partial charge in [0.25, 0.3) is 0 Å². The molecular weight excluding hydrogens is 214 g/mol. The van der Waals surface area contributed by atoms with Gasteiger partial charge in [-0.1, -0.05) is 12.1 Å². The van der Waals surface area contributed by atoms with Gasteiger partial charge in [-0.3, -0.25) is 4.79 Å². The van der Waals surface area contributed by atoms with E-state index in [1.165, 1.54) is 11.1 Å². The third kappa shape index (κ3) is 2.54. The van der Waals surface area contributed by atoms with E-state index < -0.39 is 0 Å². The molecule has 0 bridgehead atoms. The summed E-state index contributed by atoms with van der Waals surface area (Å²) in [7, 11) is 1.82. The Balaban J connectivity index is 2.20. The molecule has 3 nitrogen and oxygen atoms in total. The van der Waals surface area contributed by atoms with Crippen molar-refractivity contribution in [1.82, 2.24) is 0 Å². The topological polar surface area (TPSA) is 37.4 Å². The number of carbonyl (C=O) groups excluding carboxylic acids is 2. The molecule has 1 amide bonds. The SMILES string of the molecule is CC(=O)CCc1ccc2c(c1)CCC(=O)N2C. The monoisotopic (exact) mass is 231 g/mol. The highest BCUT2D eigenvalue weighted by Crippen LogP contribution is 2.27. The minimum atomic E-state index is 0.175. The molecular formula is C14H17NO2. The molecule has 1 aromatic rings. The van der Waals surface area contributed by atoms with Crippen LogP contribution in [-0.4, -0.2) is 18.7 Å². The number of rotatable bonds is 3. The fraction of sp³-hybridized carbons (Fsp3) is 0.429. The van der Waals surface area contributed by atoms with E-state index in [2.05, 4.69) is 6.07 Å². The normalized spacial score (nSPS) is 14.7. The molecule has 0 saturated heterocycles. The maximum absolute atomic E-state index is 11.5. The number of benzene rings is 1. The highest BCUT2D eigenvalue weighted by molar-refractivity contribution is 5.95. The average molecular weight is 231 g/mol. The summed E-state index contributed by atoms with van der Waals surface area (Å²) >= 11 is 0. The summed E-state index contributed by atoms with van der Waals surface area (Å²) in [6.07, 6.45) is 2.78. The van der Waals surface area contributed by atoms with Crippen molar-refractivity contribution in [3.63, 3.8) is 0 Å². The lowest BCUT2D eigenvalue weighted by atomic mass is 9.97. The minimum absolute atomic E-state index is 0.175. The zero-order valence-electron chi connectivity index (χ0n) is 10.3. The highest BCUT2D eigenvalue weighted by atomic mass is 16.2. The van der Waals surface area contributed by atoms with Crippen LogP contribution in [0.1, 0.15) is 30.9 Å². The van der Waals surface area contributed by atoms with Crippen LogP contribution in [0.15, 0.2) is 18.2 Å². The Bertz CT molecular complexity index is 465. The van der Waals surface area contributed by atoms with E-state index in [1.807, 2.05) is 19.2 Å². The van der Waals surface area contributed by atoms with Crippen LogP contribution in [0.4, 0.5) is 5.69 Å². The molecule has 0 aromatic heterocycles. The van der Waals surface area contributed by atoms with Gasteiger partial charge in [0.1, 0.15) is 5.78 Å². The molecule has 2 rings (SSSR count). The van der Waals surface area contributed by atoms with Crippen molar-refractivity contribution in [2.45, 2.75) is 32.6 Å². The van der Waals surface area contributed by atoms with Gasteiger partial charge in [0, 0.05) is 25.6 Å². The summed E-state index contributed by atoms with van der Waals surface area (Å²) in [6.45, 7) is 1.62. The molecule has 1 aliphatic heterocycles. The summed E-state index contributed by atoms with van der Waals surface area (Å²) in [5, 5.41) is 0. The number of Topliss-reactive ketones (excluding diaryl/α,β-unsaturated/α-hetero) is 1. The summed E-state index contributed by atoms with van der Waals surface area (Å²) in [5.41, 5.74) is 3.41. The Morgan fingerprint density at radius 3 is 2.82 bits per heavy atom. The first-order valence-electron chi connectivity index (χ1n) is 5.95. The van der Waals surface area contributed by atoms with Crippen molar-refractivity contribution in [2.24, 2.45) is 0 Å². The van der Waals surface area contributed by atoms with Crippen molar-refractivity contribution < 1.29 is 9.59 Å². The van der Waals surface area contributed by atoms with Gasteiger partial charge in [-0.05, 0) is 37.0 Å². The average Bonchev–Trinajstić information content (AvgIpc) is 2.31. The molecule has 1 heterocycles. The largest absolute Gasteiger partial charge is 0.315 e. The van der Waals surface area contributed by atoms with Gasteiger partial charge >= 0.3 is 0 Å². The Morgan fingerprint density at radius 1 is 1.35 bits per heavy atom. The first kappa shape index (κ1) is 11.8. The van der Waals surface area contributed by atoms with Gasteiger partial charge < -0.3 is 9.69 Å². The van der Waals surface area contributed by atoms with Crippen LogP contribution in [0.3, 0.4) is 0 Å². The van der Waals surface area contributed by atoms with Crippen LogP contribution in [0, 0.1) is 0 Å². The summed E-state index contributed by atoms with van der Waals surface area (Å²) in [4.78, 5) is 24.2. The zero-order valence-corrected chi connectivity index (χ0v) is 10.3. The van der Waals surface area contributed by atoms with E-state index in [-0.39, 0.29) is 11.7 Å². The van der Waals surface area contributed by atoms with Gasteiger partial charge in [-0.25, -0.2) is 0 Å². The first-order valence-corrected chi connectivity index (χ1v) is 5.95. The number of hydrogen-bond acceptors (Lipinski definition) is 2. The van der Waals surface area contributed by atoms with Crippen molar-refractivity contribution >= 4 is 17.4 Å². The number of hydrogen-bond donors (Lipinski definition) is 0. The van der Waals surface area contributed by atoms with Crippen LogP contribution in [0.5, 0.6) is 0 Å². The standard InChI is InChI=1S/C14H17NO2/c1-10(16)3-4-11-5-7-13-12(9-11)6-8-14(17)15(13)2/h5,7,9H,3-4,6,8H2,1-2H3. The second-order valence-corrected chi connectivity index (χ2v) is 4.62. The third-order valence-corrected chi connectivity index (χ3v) is 3.25. The summed E-state index contributed by atoms with van der Waals surface area (Å²) in [5.74, 6) is 0.393. The summed E-state index contributed by atoms with van der Waals surface area (Å²) < 4.78 is 0. The fourth-order valence-corrected chi connectivity index (χ4v) is 2.19. The molecule has 0 unspecified atom stereocenters. The lowest BCUT2D eigenvalue weighted by Gasteiger charge is -2.26. The van der Waals surface area contributed by atoms with Gasteiger partial charge in [0.15, 0.2) is 0 Å². The molecule has 0 saturated carbocycles. The molecule has 90 valence electrons. The van der Waals surface area contributed by atoms with Crippen molar-refractivity contribution in [1.29, 1.82) is 0 Å². The van der Waals surface area contributed by atoms with E-state index in [1.54, 1.807) is 11.8 Å². The third-order valence-electron chi connectivity index (χ3n) is 3.25. The predicted octanol–water partition coefficient (Wildman–Crippen LogP) is 2.12. The lowest BCUT2D eigenvalue weighted by molar-refractivity contribution is -0.118. The number of ketones is 1. The van der Waals surface area contributed by atoms with Crippen LogP contribution < -0.4 is 4.90 Å². The zero-order chi connectivity index (χ0) is 12.4. The van der Waals surface area contributed by atoms with Gasteiger partial charge in [0.05, 0.1) is 0 Å². The van der Waals surface area contributed by atoms with E-state index in [9.17, 15) is 9.59 Å². The number of aryl methyl sites for hydroxylation is 2. The van der Waals surface area contributed by atoms with Gasteiger partial charge in [0.2, 0.25) is 5.91 Å². The van der Waals surface area contributed by atoms with Crippen LogP contribution in [-0.2, 0) is 22.4 Å². The Hall–Kier alpha value is -1.64. The van der Waals surface area contributed by atoms with E-state index in [4.69, 9.17) is 0 Å². The molecule has 0 N–H and O–H groups in total. The molecule has 3 heteroatoms. The van der Waals surface area contributed by atoms with Crippen molar-refractivity contribution in [3.05, 3.63) is 29.3 Å². The van der Waals surface area contributed by atoms with Gasteiger partial charge in [-0.15, -0.1) is 0 Å². The summed E-state index contributed by atoms with van der Waals surface area (Å²) in [6, 6.07) is 6.12. The second-order valence-electron chi connectivity index (χ2n) is 4.62. The highest BCUT2D eigenvalue weighted by Gasteiger charge is 2.20. The molecule has 1 aliphatic rings. The molecule has 17 heavy (non-hydrogen) atoms. The molecule has 0 radical (unpaired) electrons. The van der Waals surface area contributed by atoms with Crippen molar-refractivity contribution in [2.75, 3.05) is 11.9 Å². The smallest absolute Gasteiger partial charge is 0.227 e. The maximum atomic E-state index is 11.5. The van der Waals surface area contributed by atoms with Crippen LogP contribution >= 0.6 is 0 Å². The van der Waals surface area contributed by atoms with E-state index in [0.717, 1.165) is 18.5 Å². The Kier molecular flexibility index (Phi) is 3.27. The fourth-order valence-electron chi connectivity index (χ4n) is 2.19.